The number of aliphatic carboxylic acids is 1. The highest BCUT2D eigenvalue weighted by Gasteiger charge is 2.24. The van der Waals surface area contributed by atoms with Gasteiger partial charge in [0.2, 0.25) is 0 Å². The van der Waals surface area contributed by atoms with Gasteiger partial charge in [0.05, 0.1) is 5.69 Å². The maximum atomic E-state index is 11.3. The summed E-state index contributed by atoms with van der Waals surface area (Å²) in [5.74, 6) is -0.452. The molecule has 21 heavy (non-hydrogen) atoms. The summed E-state index contributed by atoms with van der Waals surface area (Å²) in [7, 11) is 0. The Kier molecular flexibility index (Phi) is 4.47. The number of hydrogen-bond acceptors (Lipinski definition) is 4. The van der Waals surface area contributed by atoms with Crippen molar-refractivity contribution >= 4 is 17.6 Å². The Balaban J connectivity index is 2.16. The number of hydrogen-bond donors (Lipinski definition) is 3. The highest BCUT2D eigenvalue weighted by atomic mass is 16.5. The third kappa shape index (κ3) is 3.52. The minimum atomic E-state index is -0.869. The van der Waals surface area contributed by atoms with E-state index in [0.717, 1.165) is 5.56 Å². The monoisotopic (exact) mass is 292 g/mol. The van der Waals surface area contributed by atoms with E-state index in [-0.39, 0.29) is 24.5 Å². The van der Waals surface area contributed by atoms with Gasteiger partial charge in [-0.05, 0) is 30.5 Å². The highest BCUT2D eigenvalue weighted by Crippen LogP contribution is 2.30. The lowest BCUT2D eigenvalue weighted by Gasteiger charge is -2.25. The van der Waals surface area contributed by atoms with Crippen molar-refractivity contribution in [2.24, 2.45) is 5.92 Å². The van der Waals surface area contributed by atoms with Crippen LogP contribution in [0, 0.1) is 5.92 Å². The van der Waals surface area contributed by atoms with E-state index in [2.05, 4.69) is 10.6 Å². The average molecular weight is 292 g/mol. The Hall–Kier alpha value is -2.08. The highest BCUT2D eigenvalue weighted by molar-refractivity contribution is 5.95. The van der Waals surface area contributed by atoms with Crippen LogP contribution in [0.4, 0.5) is 5.69 Å². The summed E-state index contributed by atoms with van der Waals surface area (Å²) in [5, 5.41) is 15.1. The van der Waals surface area contributed by atoms with Crippen LogP contribution in [-0.4, -0.2) is 29.6 Å². The van der Waals surface area contributed by atoms with Crippen LogP contribution in [0.2, 0.25) is 0 Å². The van der Waals surface area contributed by atoms with Crippen molar-refractivity contribution < 1.29 is 19.4 Å². The quantitative estimate of drug-likeness (QED) is 0.770. The van der Waals surface area contributed by atoms with Crippen molar-refractivity contribution in [3.05, 3.63) is 23.8 Å². The Bertz CT molecular complexity index is 557. The molecule has 0 saturated carbocycles. The third-order valence-corrected chi connectivity index (χ3v) is 3.50. The second-order valence-electron chi connectivity index (χ2n) is 5.54. The molecule has 2 unspecified atom stereocenters. The molecule has 1 heterocycles. The molecule has 0 saturated heterocycles. The minimum Gasteiger partial charge on any atom is -0.482 e. The molecule has 1 amide bonds. The number of ether oxygens (including phenoxy) is 1. The largest absolute Gasteiger partial charge is 0.482 e. The lowest BCUT2D eigenvalue weighted by molar-refractivity contribution is -0.140. The van der Waals surface area contributed by atoms with E-state index >= 15 is 0 Å². The Labute approximate surface area is 123 Å². The number of carboxylic acid groups (broad SMARTS) is 1. The molecule has 1 aliphatic rings. The van der Waals surface area contributed by atoms with Crippen LogP contribution < -0.4 is 15.4 Å². The number of benzene rings is 1. The predicted octanol–water partition coefficient (Wildman–Crippen LogP) is 1.78. The number of carboxylic acids is 1. The average Bonchev–Trinajstić information content (AvgIpc) is 2.42. The van der Waals surface area contributed by atoms with Crippen molar-refractivity contribution in [3.8, 4) is 5.75 Å². The van der Waals surface area contributed by atoms with Gasteiger partial charge in [-0.2, -0.15) is 0 Å². The molecule has 0 aliphatic carbocycles. The van der Waals surface area contributed by atoms with Crippen LogP contribution in [0.25, 0.3) is 0 Å². The summed E-state index contributed by atoms with van der Waals surface area (Å²) in [6.45, 7) is 5.64. The van der Waals surface area contributed by atoms with Crippen molar-refractivity contribution in [2.45, 2.75) is 32.9 Å². The van der Waals surface area contributed by atoms with E-state index in [4.69, 9.17) is 4.74 Å². The van der Waals surface area contributed by atoms with E-state index in [0.29, 0.717) is 11.4 Å². The van der Waals surface area contributed by atoms with Crippen LogP contribution in [0.5, 0.6) is 5.75 Å². The summed E-state index contributed by atoms with van der Waals surface area (Å²) in [6.07, 6.45) is 0. The Morgan fingerprint density at radius 3 is 2.71 bits per heavy atom. The Morgan fingerprint density at radius 1 is 1.38 bits per heavy atom. The standard InChI is InChI=1S/C15H20N2O4/c1-8(2)14(15(19)20)16-9(3)10-4-5-12-11(6-10)17-13(18)7-21-12/h4-6,8-9,14,16H,7H2,1-3H3,(H,17,18)(H,19,20). The minimum absolute atomic E-state index is 0.0224. The second-order valence-corrected chi connectivity index (χ2v) is 5.54. The van der Waals surface area contributed by atoms with Gasteiger partial charge in [-0.15, -0.1) is 0 Å². The molecule has 2 atom stereocenters. The summed E-state index contributed by atoms with van der Waals surface area (Å²) in [6, 6.07) is 4.68. The molecular formula is C15H20N2O4. The van der Waals surface area contributed by atoms with Crippen LogP contribution in [0.3, 0.4) is 0 Å². The zero-order valence-electron chi connectivity index (χ0n) is 12.3. The summed E-state index contributed by atoms with van der Waals surface area (Å²) in [5.41, 5.74) is 1.51. The molecule has 1 aliphatic heterocycles. The lowest BCUT2D eigenvalue weighted by Crippen LogP contribution is -2.42. The molecule has 6 heteroatoms. The zero-order valence-corrected chi connectivity index (χ0v) is 12.3. The van der Waals surface area contributed by atoms with E-state index < -0.39 is 12.0 Å². The van der Waals surface area contributed by atoms with Gasteiger partial charge in [-0.25, -0.2) is 0 Å². The van der Waals surface area contributed by atoms with Crippen molar-refractivity contribution in [1.82, 2.24) is 5.32 Å². The first-order valence-corrected chi connectivity index (χ1v) is 6.94. The fraction of sp³-hybridized carbons (Fsp3) is 0.467. The predicted molar refractivity (Wildman–Crippen MR) is 78.4 cm³/mol. The number of carbonyl (C=O) groups is 2. The van der Waals surface area contributed by atoms with Gasteiger partial charge < -0.3 is 15.2 Å². The molecule has 114 valence electrons. The molecular weight excluding hydrogens is 272 g/mol. The fourth-order valence-corrected chi connectivity index (χ4v) is 2.28. The molecule has 0 spiro atoms. The number of anilines is 1. The van der Waals surface area contributed by atoms with Crippen molar-refractivity contribution in [1.29, 1.82) is 0 Å². The smallest absolute Gasteiger partial charge is 0.320 e. The van der Waals surface area contributed by atoms with Crippen molar-refractivity contribution in [3.63, 3.8) is 0 Å². The maximum absolute atomic E-state index is 11.3. The van der Waals surface area contributed by atoms with E-state index in [1.165, 1.54) is 0 Å². The van der Waals surface area contributed by atoms with Crippen LogP contribution in [0.15, 0.2) is 18.2 Å². The molecule has 0 bridgehead atoms. The number of carbonyl (C=O) groups excluding carboxylic acids is 1. The summed E-state index contributed by atoms with van der Waals surface area (Å²) < 4.78 is 5.30. The topological polar surface area (TPSA) is 87.7 Å². The molecule has 3 N–H and O–H groups in total. The summed E-state index contributed by atoms with van der Waals surface area (Å²) >= 11 is 0. The number of rotatable bonds is 5. The van der Waals surface area contributed by atoms with Gasteiger partial charge in [0, 0.05) is 6.04 Å². The van der Waals surface area contributed by atoms with Crippen LogP contribution >= 0.6 is 0 Å². The van der Waals surface area contributed by atoms with Crippen LogP contribution in [-0.2, 0) is 9.59 Å². The molecule has 0 radical (unpaired) electrons. The van der Waals surface area contributed by atoms with E-state index in [1.807, 2.05) is 32.9 Å². The summed E-state index contributed by atoms with van der Waals surface area (Å²) in [4.78, 5) is 22.6. The van der Waals surface area contributed by atoms with Crippen LogP contribution in [0.1, 0.15) is 32.4 Å². The van der Waals surface area contributed by atoms with Gasteiger partial charge in [-0.1, -0.05) is 19.9 Å². The fourth-order valence-electron chi connectivity index (χ4n) is 2.28. The van der Waals surface area contributed by atoms with Gasteiger partial charge in [0.25, 0.3) is 5.91 Å². The molecule has 2 rings (SSSR count). The van der Waals surface area contributed by atoms with Gasteiger partial charge in [-0.3, -0.25) is 14.9 Å². The number of fused-ring (bicyclic) bond motifs is 1. The molecule has 1 aromatic carbocycles. The maximum Gasteiger partial charge on any atom is 0.320 e. The third-order valence-electron chi connectivity index (χ3n) is 3.50. The number of nitrogens with one attached hydrogen (secondary N) is 2. The molecule has 0 fully saturated rings. The lowest BCUT2D eigenvalue weighted by atomic mass is 10.0. The first-order valence-electron chi connectivity index (χ1n) is 6.94. The van der Waals surface area contributed by atoms with E-state index in [9.17, 15) is 14.7 Å². The van der Waals surface area contributed by atoms with Crippen molar-refractivity contribution in [2.75, 3.05) is 11.9 Å². The van der Waals surface area contributed by atoms with E-state index in [1.54, 1.807) is 6.07 Å². The second kappa shape index (κ2) is 6.13. The SMILES string of the molecule is CC(NC(C(=O)O)C(C)C)c1ccc2c(c1)NC(=O)CO2. The van der Waals surface area contributed by atoms with Gasteiger partial charge in [0.1, 0.15) is 11.8 Å². The molecule has 1 aromatic rings. The molecule has 6 nitrogen and oxygen atoms in total. The molecule has 0 aromatic heterocycles. The van der Waals surface area contributed by atoms with Gasteiger partial charge in [0.15, 0.2) is 6.61 Å². The number of amides is 1. The normalized spacial score (nSPS) is 16.7. The Morgan fingerprint density at radius 2 is 2.10 bits per heavy atom. The van der Waals surface area contributed by atoms with Gasteiger partial charge >= 0.3 is 5.97 Å². The first kappa shape index (κ1) is 15.3. The first-order chi connectivity index (χ1) is 9.88. The zero-order chi connectivity index (χ0) is 15.6.